The Balaban J connectivity index is 2.39. The van der Waals surface area contributed by atoms with E-state index >= 15 is 0 Å². The normalized spacial score (nSPS) is 12.2. The second kappa shape index (κ2) is 6.68. The lowest BCUT2D eigenvalue weighted by molar-refractivity contribution is 0.279. The molecule has 4 heteroatoms. The van der Waals surface area contributed by atoms with Crippen molar-refractivity contribution in [1.82, 2.24) is 0 Å². The summed E-state index contributed by atoms with van der Waals surface area (Å²) in [4.78, 5) is 0. The molecule has 0 amide bonds. The molecule has 0 heterocycles. The van der Waals surface area contributed by atoms with E-state index in [4.69, 9.17) is 9.84 Å². The summed E-state index contributed by atoms with van der Waals surface area (Å²) < 4.78 is 33.3. The summed E-state index contributed by atoms with van der Waals surface area (Å²) >= 11 is 0. The van der Waals surface area contributed by atoms with Crippen LogP contribution in [0, 0.1) is 11.6 Å². The fourth-order valence-corrected chi connectivity index (χ4v) is 2.11. The van der Waals surface area contributed by atoms with Crippen molar-refractivity contribution >= 4 is 0 Å². The van der Waals surface area contributed by atoms with Crippen LogP contribution in [0.1, 0.15) is 37.3 Å². The van der Waals surface area contributed by atoms with Gasteiger partial charge in [-0.15, -0.1) is 0 Å². The maximum atomic E-state index is 13.9. The van der Waals surface area contributed by atoms with Crippen LogP contribution in [-0.4, -0.2) is 5.11 Å². The van der Waals surface area contributed by atoms with E-state index in [2.05, 4.69) is 0 Å². The summed E-state index contributed by atoms with van der Waals surface area (Å²) in [5, 5.41) is 8.94. The van der Waals surface area contributed by atoms with Gasteiger partial charge in [0.1, 0.15) is 5.75 Å². The molecule has 21 heavy (non-hydrogen) atoms. The molecule has 1 N–H and O–H groups in total. The minimum Gasteiger partial charge on any atom is -0.451 e. The predicted octanol–water partition coefficient (Wildman–Crippen LogP) is 4.76. The monoisotopic (exact) mass is 292 g/mol. The SMILES string of the molecule is CCC(C)c1ccccc1Oc1c(F)cc(CO)cc1F. The third kappa shape index (κ3) is 3.39. The molecule has 0 radical (unpaired) electrons. The maximum Gasteiger partial charge on any atom is 0.198 e. The molecule has 112 valence electrons. The van der Waals surface area contributed by atoms with Gasteiger partial charge in [-0.25, -0.2) is 8.78 Å². The van der Waals surface area contributed by atoms with E-state index in [0.29, 0.717) is 5.75 Å². The van der Waals surface area contributed by atoms with Gasteiger partial charge in [0.25, 0.3) is 0 Å². The minimum absolute atomic E-state index is 0.174. The van der Waals surface area contributed by atoms with E-state index in [9.17, 15) is 8.78 Å². The highest BCUT2D eigenvalue weighted by molar-refractivity contribution is 5.41. The highest BCUT2D eigenvalue weighted by Gasteiger charge is 2.16. The summed E-state index contributed by atoms with van der Waals surface area (Å²) in [6.45, 7) is 3.65. The van der Waals surface area contributed by atoms with Crippen LogP contribution in [0.4, 0.5) is 8.78 Å². The van der Waals surface area contributed by atoms with E-state index in [0.717, 1.165) is 24.1 Å². The van der Waals surface area contributed by atoms with Gasteiger partial charge in [0.2, 0.25) is 0 Å². The summed E-state index contributed by atoms with van der Waals surface area (Å²) in [6, 6.07) is 9.37. The van der Waals surface area contributed by atoms with Crippen molar-refractivity contribution in [3.63, 3.8) is 0 Å². The number of halogens is 2. The fraction of sp³-hybridized carbons (Fsp3) is 0.294. The average molecular weight is 292 g/mol. The highest BCUT2D eigenvalue weighted by atomic mass is 19.1. The summed E-state index contributed by atoms with van der Waals surface area (Å²) in [5.74, 6) is -1.41. The second-order valence-corrected chi connectivity index (χ2v) is 5.00. The van der Waals surface area contributed by atoms with Crippen LogP contribution >= 0.6 is 0 Å². The predicted molar refractivity (Wildman–Crippen MR) is 77.5 cm³/mol. The Morgan fingerprint density at radius 3 is 2.33 bits per heavy atom. The molecule has 0 aliphatic heterocycles. The average Bonchev–Trinajstić information content (AvgIpc) is 2.50. The molecule has 0 saturated carbocycles. The first kappa shape index (κ1) is 15.4. The zero-order valence-electron chi connectivity index (χ0n) is 12.1. The van der Waals surface area contributed by atoms with Crippen molar-refractivity contribution in [2.24, 2.45) is 0 Å². The van der Waals surface area contributed by atoms with Crippen molar-refractivity contribution in [3.05, 3.63) is 59.2 Å². The van der Waals surface area contributed by atoms with E-state index in [1.807, 2.05) is 26.0 Å². The first-order valence-corrected chi connectivity index (χ1v) is 6.92. The van der Waals surface area contributed by atoms with Crippen LogP contribution in [-0.2, 0) is 6.61 Å². The molecule has 0 bridgehead atoms. The number of rotatable bonds is 5. The van der Waals surface area contributed by atoms with E-state index in [1.165, 1.54) is 0 Å². The van der Waals surface area contributed by atoms with Crippen LogP contribution in [0.2, 0.25) is 0 Å². The van der Waals surface area contributed by atoms with Crippen LogP contribution in [0.25, 0.3) is 0 Å². The molecule has 2 rings (SSSR count). The fourth-order valence-electron chi connectivity index (χ4n) is 2.11. The van der Waals surface area contributed by atoms with E-state index < -0.39 is 24.0 Å². The van der Waals surface area contributed by atoms with Crippen molar-refractivity contribution in [3.8, 4) is 11.5 Å². The molecule has 0 aromatic heterocycles. The van der Waals surface area contributed by atoms with Crippen LogP contribution < -0.4 is 4.74 Å². The number of aliphatic hydroxyl groups is 1. The number of ether oxygens (including phenoxy) is 1. The van der Waals surface area contributed by atoms with Gasteiger partial charge in [-0.2, -0.15) is 0 Å². The molecule has 1 atom stereocenters. The van der Waals surface area contributed by atoms with Gasteiger partial charge in [0.15, 0.2) is 17.4 Å². The molecular formula is C17H18F2O2. The van der Waals surface area contributed by atoms with Gasteiger partial charge < -0.3 is 9.84 Å². The Morgan fingerprint density at radius 1 is 1.14 bits per heavy atom. The maximum absolute atomic E-state index is 13.9. The standard InChI is InChI=1S/C17H18F2O2/c1-3-11(2)13-6-4-5-7-16(13)21-17-14(18)8-12(10-20)9-15(17)19/h4-9,11,20H,3,10H2,1-2H3. The van der Waals surface area contributed by atoms with Gasteiger partial charge >= 0.3 is 0 Å². The van der Waals surface area contributed by atoms with Gasteiger partial charge in [-0.05, 0) is 41.7 Å². The first-order valence-electron chi connectivity index (χ1n) is 6.92. The molecule has 2 aromatic rings. The molecule has 0 saturated heterocycles. The molecular weight excluding hydrogens is 274 g/mol. The number of aliphatic hydroxyl groups excluding tert-OH is 1. The summed E-state index contributed by atoms with van der Waals surface area (Å²) in [7, 11) is 0. The van der Waals surface area contributed by atoms with Gasteiger partial charge in [-0.1, -0.05) is 32.0 Å². The van der Waals surface area contributed by atoms with Crippen molar-refractivity contribution < 1.29 is 18.6 Å². The van der Waals surface area contributed by atoms with Crippen molar-refractivity contribution in [1.29, 1.82) is 0 Å². The van der Waals surface area contributed by atoms with Crippen molar-refractivity contribution in [2.45, 2.75) is 32.8 Å². The zero-order chi connectivity index (χ0) is 15.4. The zero-order valence-corrected chi connectivity index (χ0v) is 12.1. The molecule has 2 nitrogen and oxygen atoms in total. The second-order valence-electron chi connectivity index (χ2n) is 5.00. The Hall–Kier alpha value is -1.94. The molecule has 0 fully saturated rings. The number of hydrogen-bond donors (Lipinski definition) is 1. The Labute approximate surface area is 123 Å². The summed E-state index contributed by atoms with van der Waals surface area (Å²) in [5.41, 5.74) is 1.08. The lowest BCUT2D eigenvalue weighted by Gasteiger charge is -2.16. The Kier molecular flexibility index (Phi) is 4.91. The molecule has 0 aliphatic rings. The van der Waals surface area contributed by atoms with E-state index in [-0.39, 0.29) is 11.5 Å². The lowest BCUT2D eigenvalue weighted by atomic mass is 9.98. The smallest absolute Gasteiger partial charge is 0.198 e. The van der Waals surface area contributed by atoms with E-state index in [1.54, 1.807) is 12.1 Å². The Bertz CT molecular complexity index is 603. The van der Waals surface area contributed by atoms with Gasteiger partial charge in [-0.3, -0.25) is 0 Å². The molecule has 0 spiro atoms. The lowest BCUT2D eigenvalue weighted by Crippen LogP contribution is -2.00. The van der Waals surface area contributed by atoms with Crippen LogP contribution in [0.5, 0.6) is 11.5 Å². The first-order chi connectivity index (χ1) is 10.1. The molecule has 2 aromatic carbocycles. The van der Waals surface area contributed by atoms with Gasteiger partial charge in [0, 0.05) is 0 Å². The van der Waals surface area contributed by atoms with Gasteiger partial charge in [0.05, 0.1) is 6.61 Å². The third-order valence-electron chi connectivity index (χ3n) is 3.51. The molecule has 1 unspecified atom stereocenters. The Morgan fingerprint density at radius 2 is 1.76 bits per heavy atom. The van der Waals surface area contributed by atoms with Crippen LogP contribution in [0.15, 0.2) is 36.4 Å². The number of benzene rings is 2. The minimum atomic E-state index is -0.821. The topological polar surface area (TPSA) is 29.5 Å². The quantitative estimate of drug-likeness (QED) is 0.860. The summed E-state index contributed by atoms with van der Waals surface area (Å²) in [6.07, 6.45) is 0.898. The van der Waals surface area contributed by atoms with Crippen LogP contribution in [0.3, 0.4) is 0 Å². The molecule has 0 aliphatic carbocycles. The van der Waals surface area contributed by atoms with Crippen molar-refractivity contribution in [2.75, 3.05) is 0 Å². The highest BCUT2D eigenvalue weighted by Crippen LogP contribution is 2.34. The number of para-hydroxylation sites is 1. The largest absolute Gasteiger partial charge is 0.451 e. The third-order valence-corrected chi connectivity index (χ3v) is 3.51. The number of hydrogen-bond acceptors (Lipinski definition) is 2.